The molecule has 0 saturated carbocycles. The maximum absolute atomic E-state index is 3.73. The van der Waals surface area contributed by atoms with Gasteiger partial charge in [0.15, 0.2) is 0 Å². The maximum Gasteiger partial charge on any atom is 0.0486 e. The van der Waals surface area contributed by atoms with Gasteiger partial charge in [-0.1, -0.05) is 11.6 Å². The molecule has 0 saturated heterocycles. The minimum atomic E-state index is 0.601. The molecule has 2 aliphatic rings. The second-order valence-corrected chi connectivity index (χ2v) is 5.79. The number of nitrogens with zero attached hydrogens (tertiary/aromatic N) is 1. The Bertz CT molecular complexity index is 605. The van der Waals surface area contributed by atoms with Gasteiger partial charge in [0.05, 0.1) is 0 Å². The lowest BCUT2D eigenvalue weighted by Crippen LogP contribution is -2.24. The molecule has 4 rings (SSSR count). The third-order valence-corrected chi connectivity index (χ3v) is 4.57. The van der Waals surface area contributed by atoms with Gasteiger partial charge in [0.1, 0.15) is 0 Å². The number of fused-ring (bicyclic) bond motifs is 3. The van der Waals surface area contributed by atoms with Gasteiger partial charge in [-0.2, -0.15) is 0 Å². The lowest BCUT2D eigenvalue weighted by atomic mass is 9.91. The molecule has 2 aromatic rings. The zero-order chi connectivity index (χ0) is 12.1. The predicted octanol–water partition coefficient (Wildman–Crippen LogP) is 3.32. The van der Waals surface area contributed by atoms with Crippen molar-refractivity contribution < 1.29 is 0 Å². The van der Waals surface area contributed by atoms with E-state index in [1.54, 1.807) is 11.3 Å². The average molecular weight is 240 g/mol. The minimum absolute atomic E-state index is 0.601. The minimum Gasteiger partial charge on any atom is -0.343 e. The summed E-state index contributed by atoms with van der Waals surface area (Å²) in [6, 6.07) is 7.56. The van der Waals surface area contributed by atoms with Crippen LogP contribution in [0.15, 0.2) is 18.2 Å². The molecule has 1 N–H and O–H groups in total. The Balaban J connectivity index is 2.07. The molecule has 2 heterocycles. The van der Waals surface area contributed by atoms with Crippen molar-refractivity contribution in [3.63, 3.8) is 0 Å². The first-order valence-electron chi connectivity index (χ1n) is 7.19. The summed E-state index contributed by atoms with van der Waals surface area (Å²) in [5.41, 5.74) is 6.06. The molecule has 0 radical (unpaired) electrons. The van der Waals surface area contributed by atoms with Crippen molar-refractivity contribution in [2.45, 2.75) is 45.2 Å². The fourth-order valence-corrected chi connectivity index (χ4v) is 3.79. The van der Waals surface area contributed by atoms with Gasteiger partial charge in [-0.05, 0) is 56.8 Å². The fraction of sp³-hybridized carbons (Fsp3) is 0.500. The molecule has 1 aliphatic carbocycles. The monoisotopic (exact) mass is 240 g/mol. The Kier molecular flexibility index (Phi) is 2.28. The first-order chi connectivity index (χ1) is 8.84. The van der Waals surface area contributed by atoms with Crippen LogP contribution < -0.4 is 5.32 Å². The van der Waals surface area contributed by atoms with E-state index in [0.29, 0.717) is 6.04 Å². The number of hydrogen-bond donors (Lipinski definition) is 1. The molecule has 2 heteroatoms. The van der Waals surface area contributed by atoms with Crippen molar-refractivity contribution in [2.24, 2.45) is 0 Å². The molecule has 0 fully saturated rings. The molecule has 1 aromatic heterocycles. The highest BCUT2D eigenvalue weighted by molar-refractivity contribution is 5.86. The summed E-state index contributed by atoms with van der Waals surface area (Å²) < 4.78 is 2.59. The van der Waals surface area contributed by atoms with Gasteiger partial charge in [0, 0.05) is 29.2 Å². The van der Waals surface area contributed by atoms with Crippen LogP contribution in [-0.4, -0.2) is 11.1 Å². The second kappa shape index (κ2) is 3.86. The van der Waals surface area contributed by atoms with Crippen LogP contribution in [-0.2, 0) is 13.0 Å². The highest BCUT2D eigenvalue weighted by atomic mass is 15.1. The molecule has 1 aromatic carbocycles. The number of rotatable bonds is 0. The molecule has 0 spiro atoms. The Morgan fingerprint density at radius 3 is 3.17 bits per heavy atom. The van der Waals surface area contributed by atoms with E-state index in [2.05, 4.69) is 35.0 Å². The van der Waals surface area contributed by atoms with Crippen LogP contribution in [0.4, 0.5) is 0 Å². The molecular weight excluding hydrogens is 220 g/mol. The molecule has 18 heavy (non-hydrogen) atoms. The normalized spacial score (nSPS) is 22.8. The van der Waals surface area contributed by atoms with Crippen molar-refractivity contribution >= 4 is 10.9 Å². The molecule has 0 amide bonds. The van der Waals surface area contributed by atoms with Gasteiger partial charge in [-0.3, -0.25) is 0 Å². The molecule has 1 atom stereocenters. The van der Waals surface area contributed by atoms with Crippen LogP contribution in [0.2, 0.25) is 0 Å². The summed E-state index contributed by atoms with van der Waals surface area (Å²) in [6.45, 7) is 4.55. The predicted molar refractivity (Wildman–Crippen MR) is 75.0 cm³/mol. The van der Waals surface area contributed by atoms with Gasteiger partial charge in [-0.15, -0.1) is 0 Å². The summed E-state index contributed by atoms with van der Waals surface area (Å²) >= 11 is 0. The summed E-state index contributed by atoms with van der Waals surface area (Å²) in [6.07, 6.45) is 5.15. The number of aryl methyl sites for hydroxylation is 3. The van der Waals surface area contributed by atoms with E-state index in [1.807, 2.05) is 0 Å². The van der Waals surface area contributed by atoms with Crippen molar-refractivity contribution in [3.8, 4) is 0 Å². The summed E-state index contributed by atoms with van der Waals surface area (Å²) in [5, 5.41) is 5.25. The van der Waals surface area contributed by atoms with E-state index in [1.165, 1.54) is 55.2 Å². The van der Waals surface area contributed by atoms with E-state index in [0.717, 1.165) is 0 Å². The molecule has 0 bridgehead atoms. The van der Waals surface area contributed by atoms with E-state index >= 15 is 0 Å². The fourth-order valence-electron chi connectivity index (χ4n) is 3.79. The van der Waals surface area contributed by atoms with Crippen LogP contribution in [0.25, 0.3) is 10.9 Å². The number of aromatic nitrogens is 1. The molecule has 2 nitrogen and oxygen atoms in total. The highest BCUT2D eigenvalue weighted by Crippen LogP contribution is 2.38. The quantitative estimate of drug-likeness (QED) is 0.747. The van der Waals surface area contributed by atoms with E-state index in [9.17, 15) is 0 Å². The Morgan fingerprint density at radius 1 is 1.28 bits per heavy atom. The van der Waals surface area contributed by atoms with Crippen molar-refractivity contribution in [1.29, 1.82) is 0 Å². The summed E-state index contributed by atoms with van der Waals surface area (Å²) in [5.74, 6) is 0. The molecule has 1 aliphatic heterocycles. The zero-order valence-corrected chi connectivity index (χ0v) is 11.0. The lowest BCUT2D eigenvalue weighted by Gasteiger charge is -2.24. The molecule has 94 valence electrons. The van der Waals surface area contributed by atoms with Gasteiger partial charge in [0.2, 0.25) is 0 Å². The first-order valence-corrected chi connectivity index (χ1v) is 7.19. The first kappa shape index (κ1) is 10.6. The van der Waals surface area contributed by atoms with Crippen LogP contribution in [0.3, 0.4) is 0 Å². The Hall–Kier alpha value is -1.28. The van der Waals surface area contributed by atoms with Crippen LogP contribution in [0.1, 0.15) is 42.1 Å². The largest absolute Gasteiger partial charge is 0.343 e. The lowest BCUT2D eigenvalue weighted by molar-refractivity contribution is 0.465. The van der Waals surface area contributed by atoms with Crippen molar-refractivity contribution in [1.82, 2.24) is 9.88 Å². The van der Waals surface area contributed by atoms with E-state index in [4.69, 9.17) is 0 Å². The van der Waals surface area contributed by atoms with Crippen LogP contribution in [0, 0.1) is 6.92 Å². The average Bonchev–Trinajstić information content (AvgIpc) is 2.56. The number of nitrogens with one attached hydrogen (secondary N) is 1. The maximum atomic E-state index is 3.73. The number of hydrogen-bond acceptors (Lipinski definition) is 1. The van der Waals surface area contributed by atoms with Crippen LogP contribution >= 0.6 is 0 Å². The third kappa shape index (κ3) is 1.39. The highest BCUT2D eigenvalue weighted by Gasteiger charge is 2.28. The SMILES string of the molecule is Cc1ccc2c(c1)c1c3n2CCCN[C@@H]3CCC1. The zero-order valence-electron chi connectivity index (χ0n) is 11.0. The molecule has 0 unspecified atom stereocenters. The van der Waals surface area contributed by atoms with Crippen molar-refractivity contribution in [2.75, 3.05) is 6.54 Å². The van der Waals surface area contributed by atoms with Crippen molar-refractivity contribution in [3.05, 3.63) is 35.0 Å². The van der Waals surface area contributed by atoms with Crippen LogP contribution in [0.5, 0.6) is 0 Å². The van der Waals surface area contributed by atoms with E-state index in [-0.39, 0.29) is 0 Å². The standard InChI is InChI=1S/C16H20N2/c1-11-6-7-15-13(10-11)12-4-2-5-14-16(12)18(15)9-3-8-17-14/h6-7,10,14,17H,2-5,8-9H2,1H3/t14-/m1/s1. The Morgan fingerprint density at radius 2 is 2.22 bits per heavy atom. The summed E-state index contributed by atoms with van der Waals surface area (Å²) in [4.78, 5) is 0. The topological polar surface area (TPSA) is 17.0 Å². The van der Waals surface area contributed by atoms with E-state index < -0.39 is 0 Å². The van der Waals surface area contributed by atoms with Gasteiger partial charge in [0.25, 0.3) is 0 Å². The van der Waals surface area contributed by atoms with Gasteiger partial charge >= 0.3 is 0 Å². The summed E-state index contributed by atoms with van der Waals surface area (Å²) in [7, 11) is 0. The van der Waals surface area contributed by atoms with Gasteiger partial charge in [-0.25, -0.2) is 0 Å². The number of benzene rings is 1. The molecular formula is C16H20N2. The van der Waals surface area contributed by atoms with Gasteiger partial charge < -0.3 is 9.88 Å². The smallest absolute Gasteiger partial charge is 0.0486 e. The third-order valence-electron chi connectivity index (χ3n) is 4.57. The second-order valence-electron chi connectivity index (χ2n) is 5.79. The Labute approximate surface area is 108 Å².